The number of nitrogens with one attached hydrogen (secondary N) is 2. The molecular formula is C24H34N2O7S. The van der Waals surface area contributed by atoms with Crippen molar-refractivity contribution in [3.05, 3.63) is 48.0 Å². The summed E-state index contributed by atoms with van der Waals surface area (Å²) >= 11 is 0. The van der Waals surface area contributed by atoms with Crippen LogP contribution in [0, 0.1) is 12.8 Å². The number of aliphatic hydroxyl groups is 1. The maximum atomic E-state index is 12.8. The summed E-state index contributed by atoms with van der Waals surface area (Å²) in [6, 6.07) is 10.5. The fraction of sp³-hybridized carbons (Fsp3) is 0.458. The topological polar surface area (TPSA) is 123 Å². The third-order valence-electron chi connectivity index (χ3n) is 4.97. The Morgan fingerprint density at radius 1 is 1.03 bits per heavy atom. The molecule has 0 radical (unpaired) electrons. The number of amides is 1. The van der Waals surface area contributed by atoms with Crippen LogP contribution < -0.4 is 24.2 Å². The van der Waals surface area contributed by atoms with Crippen molar-refractivity contribution in [2.45, 2.75) is 44.2 Å². The van der Waals surface area contributed by atoms with E-state index in [0.29, 0.717) is 23.7 Å². The van der Waals surface area contributed by atoms with E-state index in [0.717, 1.165) is 5.56 Å². The van der Waals surface area contributed by atoms with E-state index in [9.17, 15) is 18.3 Å². The molecule has 1 amide bonds. The van der Waals surface area contributed by atoms with Gasteiger partial charge in [0.05, 0.1) is 19.1 Å². The Balaban J connectivity index is 2.00. The highest BCUT2D eigenvalue weighted by molar-refractivity contribution is 7.89. The molecule has 34 heavy (non-hydrogen) atoms. The van der Waals surface area contributed by atoms with Gasteiger partial charge in [-0.05, 0) is 43.5 Å². The highest BCUT2D eigenvalue weighted by atomic mass is 32.2. The molecule has 0 heterocycles. The summed E-state index contributed by atoms with van der Waals surface area (Å²) in [6.07, 6.45) is -0.756. The lowest BCUT2D eigenvalue weighted by atomic mass is 10.0. The summed E-state index contributed by atoms with van der Waals surface area (Å²) < 4.78 is 44.2. The van der Waals surface area contributed by atoms with Crippen LogP contribution in [0.15, 0.2) is 47.4 Å². The van der Waals surface area contributed by atoms with E-state index in [1.165, 1.54) is 26.4 Å². The molecule has 2 aromatic rings. The lowest BCUT2D eigenvalue weighted by Gasteiger charge is -2.21. The van der Waals surface area contributed by atoms with Gasteiger partial charge in [-0.2, -0.15) is 4.72 Å². The van der Waals surface area contributed by atoms with E-state index in [-0.39, 0.29) is 24.0 Å². The molecule has 0 aliphatic rings. The molecule has 10 heteroatoms. The number of methoxy groups -OCH3 is 2. The van der Waals surface area contributed by atoms with Crippen molar-refractivity contribution >= 4 is 15.9 Å². The van der Waals surface area contributed by atoms with Crippen LogP contribution in [0.1, 0.15) is 25.8 Å². The van der Waals surface area contributed by atoms with Crippen LogP contribution in [0.2, 0.25) is 0 Å². The molecule has 0 saturated heterocycles. The first-order valence-corrected chi connectivity index (χ1v) is 12.4. The molecule has 0 saturated carbocycles. The smallest absolute Gasteiger partial charge is 0.241 e. The normalized spacial score (nSPS) is 13.3. The average Bonchev–Trinajstić information content (AvgIpc) is 2.80. The SMILES string of the molecule is COc1cccc(OC)c1OCC(O)CNC(=O)C(CC(C)C)NS(=O)(=O)c1ccc(C)cc1. The number of benzene rings is 2. The highest BCUT2D eigenvalue weighted by Crippen LogP contribution is 2.36. The van der Waals surface area contributed by atoms with Crippen LogP contribution in [0.5, 0.6) is 17.2 Å². The third kappa shape index (κ3) is 7.89. The molecule has 0 aliphatic heterocycles. The lowest BCUT2D eigenvalue weighted by Crippen LogP contribution is -2.49. The maximum absolute atomic E-state index is 12.8. The molecule has 0 aromatic heterocycles. The van der Waals surface area contributed by atoms with Gasteiger partial charge >= 0.3 is 0 Å². The second kappa shape index (κ2) is 12.6. The molecular weight excluding hydrogens is 460 g/mol. The molecule has 0 spiro atoms. The number of aryl methyl sites for hydroxylation is 1. The minimum atomic E-state index is -3.89. The summed E-state index contributed by atoms with van der Waals surface area (Å²) in [7, 11) is -0.911. The van der Waals surface area contributed by atoms with Crippen molar-refractivity contribution in [3.63, 3.8) is 0 Å². The van der Waals surface area contributed by atoms with Gasteiger partial charge in [-0.25, -0.2) is 8.42 Å². The van der Waals surface area contributed by atoms with Crippen molar-refractivity contribution in [1.29, 1.82) is 0 Å². The molecule has 9 nitrogen and oxygen atoms in total. The number of hydrogen-bond donors (Lipinski definition) is 3. The minimum Gasteiger partial charge on any atom is -0.493 e. The monoisotopic (exact) mass is 494 g/mol. The summed E-state index contributed by atoms with van der Waals surface area (Å²) in [5.74, 6) is 0.749. The van der Waals surface area contributed by atoms with Crippen LogP contribution >= 0.6 is 0 Å². The van der Waals surface area contributed by atoms with Crippen LogP contribution in [-0.2, 0) is 14.8 Å². The maximum Gasteiger partial charge on any atom is 0.241 e. The number of ether oxygens (including phenoxy) is 3. The Morgan fingerprint density at radius 2 is 1.62 bits per heavy atom. The van der Waals surface area contributed by atoms with E-state index < -0.39 is 28.1 Å². The van der Waals surface area contributed by atoms with Gasteiger partial charge in [0.25, 0.3) is 0 Å². The van der Waals surface area contributed by atoms with Gasteiger partial charge < -0.3 is 24.6 Å². The number of carbonyl (C=O) groups excluding carboxylic acids is 1. The van der Waals surface area contributed by atoms with Crippen molar-refractivity contribution in [2.24, 2.45) is 5.92 Å². The van der Waals surface area contributed by atoms with Gasteiger partial charge in [0, 0.05) is 6.54 Å². The Morgan fingerprint density at radius 3 is 2.15 bits per heavy atom. The lowest BCUT2D eigenvalue weighted by molar-refractivity contribution is -0.123. The van der Waals surface area contributed by atoms with Crippen LogP contribution in [0.25, 0.3) is 0 Å². The van der Waals surface area contributed by atoms with Crippen LogP contribution in [0.4, 0.5) is 0 Å². The van der Waals surface area contributed by atoms with Crippen LogP contribution in [-0.4, -0.2) is 58.9 Å². The Labute approximate surface area is 201 Å². The molecule has 3 N–H and O–H groups in total. The number of hydrogen-bond acceptors (Lipinski definition) is 7. The summed E-state index contributed by atoms with van der Waals surface area (Å²) in [5.41, 5.74) is 0.928. The Bertz CT molecular complexity index is 1020. The molecule has 2 atom stereocenters. The minimum absolute atomic E-state index is 0.0581. The van der Waals surface area contributed by atoms with Gasteiger partial charge in [0.15, 0.2) is 11.5 Å². The highest BCUT2D eigenvalue weighted by Gasteiger charge is 2.27. The van der Waals surface area contributed by atoms with Crippen molar-refractivity contribution < 1.29 is 32.5 Å². The van der Waals surface area contributed by atoms with Crippen molar-refractivity contribution in [3.8, 4) is 17.2 Å². The zero-order chi connectivity index (χ0) is 25.3. The number of carbonyl (C=O) groups is 1. The first-order chi connectivity index (χ1) is 16.1. The molecule has 2 unspecified atom stereocenters. The van der Waals surface area contributed by atoms with Gasteiger partial charge in [-0.3, -0.25) is 4.79 Å². The molecule has 2 aromatic carbocycles. The number of sulfonamides is 1. The van der Waals surface area contributed by atoms with Gasteiger partial charge in [-0.15, -0.1) is 0 Å². The molecule has 0 bridgehead atoms. The number of para-hydroxylation sites is 1. The fourth-order valence-electron chi connectivity index (χ4n) is 3.19. The average molecular weight is 495 g/mol. The molecule has 2 rings (SSSR count). The molecule has 188 valence electrons. The zero-order valence-electron chi connectivity index (χ0n) is 20.2. The fourth-order valence-corrected chi connectivity index (χ4v) is 4.40. The number of rotatable bonds is 13. The molecule has 0 aliphatic carbocycles. The second-order valence-corrected chi connectivity index (χ2v) is 10.0. The second-order valence-electron chi connectivity index (χ2n) is 8.32. The number of aliphatic hydroxyl groups excluding tert-OH is 1. The standard InChI is InChI=1S/C24H34N2O7S/c1-16(2)13-20(26-34(29,30)19-11-9-17(3)10-12-19)24(28)25-14-18(27)15-33-23-21(31-4)7-6-8-22(23)32-5/h6-12,16,18,20,26-27H,13-15H2,1-5H3,(H,25,28). The van der Waals surface area contributed by atoms with E-state index >= 15 is 0 Å². The summed E-state index contributed by atoms with van der Waals surface area (Å²) in [4.78, 5) is 12.9. The van der Waals surface area contributed by atoms with Gasteiger partial charge in [0.2, 0.25) is 21.7 Å². The molecule has 0 fully saturated rings. The Hall–Kier alpha value is -2.82. The summed E-state index contributed by atoms with van der Waals surface area (Å²) in [6.45, 7) is 5.38. The van der Waals surface area contributed by atoms with E-state index in [4.69, 9.17) is 14.2 Å². The van der Waals surface area contributed by atoms with E-state index in [2.05, 4.69) is 10.0 Å². The first-order valence-electron chi connectivity index (χ1n) is 11.0. The van der Waals surface area contributed by atoms with Crippen molar-refractivity contribution in [1.82, 2.24) is 10.0 Å². The quantitative estimate of drug-likeness (QED) is 0.390. The third-order valence-corrected chi connectivity index (χ3v) is 6.45. The van der Waals surface area contributed by atoms with E-state index in [1.807, 2.05) is 20.8 Å². The Kier molecular flexibility index (Phi) is 10.2. The zero-order valence-corrected chi connectivity index (χ0v) is 21.0. The summed E-state index contributed by atoms with van der Waals surface area (Å²) in [5, 5.41) is 12.9. The van der Waals surface area contributed by atoms with Gasteiger partial charge in [-0.1, -0.05) is 37.6 Å². The van der Waals surface area contributed by atoms with E-state index in [1.54, 1.807) is 30.3 Å². The van der Waals surface area contributed by atoms with Crippen molar-refractivity contribution in [2.75, 3.05) is 27.4 Å². The first kappa shape index (κ1) is 27.4. The predicted molar refractivity (Wildman–Crippen MR) is 129 cm³/mol. The van der Waals surface area contributed by atoms with Gasteiger partial charge in [0.1, 0.15) is 18.8 Å². The largest absolute Gasteiger partial charge is 0.493 e. The predicted octanol–water partition coefficient (Wildman–Crippen LogP) is 2.26. The van der Waals surface area contributed by atoms with Crippen LogP contribution in [0.3, 0.4) is 0 Å².